The number of nitrogens with zero attached hydrogens (tertiary/aromatic N) is 3. The summed E-state index contributed by atoms with van der Waals surface area (Å²) in [6.07, 6.45) is -3.61. The van der Waals surface area contributed by atoms with Gasteiger partial charge in [0.1, 0.15) is 11.5 Å². The van der Waals surface area contributed by atoms with E-state index in [1.54, 1.807) is 6.92 Å². The van der Waals surface area contributed by atoms with Gasteiger partial charge in [0.25, 0.3) is 0 Å². The van der Waals surface area contributed by atoms with Crippen molar-refractivity contribution in [3.63, 3.8) is 0 Å². The van der Waals surface area contributed by atoms with E-state index in [2.05, 4.69) is 20.2 Å². The Morgan fingerprint density at radius 3 is 2.44 bits per heavy atom. The number of hydrogen-bond donors (Lipinski definition) is 1. The van der Waals surface area contributed by atoms with E-state index in [-0.39, 0.29) is 5.82 Å². The molecule has 0 aliphatic carbocycles. The van der Waals surface area contributed by atoms with Gasteiger partial charge in [-0.3, -0.25) is 10.1 Å². The summed E-state index contributed by atoms with van der Waals surface area (Å²) in [5, 5.41) is 6.39. The van der Waals surface area contributed by atoms with Crippen LogP contribution in [0, 0.1) is 6.92 Å². The Hall–Kier alpha value is -1.92. The molecule has 16 heavy (non-hydrogen) atoms. The molecule has 2 heterocycles. The van der Waals surface area contributed by atoms with Gasteiger partial charge < -0.3 is 0 Å². The van der Waals surface area contributed by atoms with Gasteiger partial charge in [-0.25, -0.2) is 4.98 Å². The monoisotopic (exact) mass is 228 g/mol. The standard InChI is InChI=1S/C9H7F3N4/c1-5-14-8(16-15-5)7-3-2-6(4-13-7)9(10,11)12/h2-4H,1H3,(H,14,15,16). The first-order valence-corrected chi connectivity index (χ1v) is 4.39. The highest BCUT2D eigenvalue weighted by Gasteiger charge is 2.30. The van der Waals surface area contributed by atoms with E-state index in [4.69, 9.17) is 0 Å². The number of pyridine rings is 1. The Bertz CT molecular complexity index is 486. The van der Waals surface area contributed by atoms with Crippen molar-refractivity contribution in [1.82, 2.24) is 20.2 Å². The number of hydrogen-bond acceptors (Lipinski definition) is 3. The summed E-state index contributed by atoms with van der Waals surface area (Å²) in [5.41, 5.74) is -0.485. The molecule has 1 N–H and O–H groups in total. The Kier molecular flexibility index (Phi) is 2.37. The molecule has 0 spiro atoms. The van der Waals surface area contributed by atoms with Crippen LogP contribution in [0.3, 0.4) is 0 Å². The van der Waals surface area contributed by atoms with Gasteiger partial charge in [-0.1, -0.05) is 0 Å². The molecule has 0 fully saturated rings. The highest BCUT2D eigenvalue weighted by molar-refractivity contribution is 5.48. The fourth-order valence-corrected chi connectivity index (χ4v) is 1.15. The van der Waals surface area contributed by atoms with E-state index < -0.39 is 11.7 Å². The van der Waals surface area contributed by atoms with Gasteiger partial charge in [-0.05, 0) is 19.1 Å². The van der Waals surface area contributed by atoms with Crippen molar-refractivity contribution < 1.29 is 13.2 Å². The fraction of sp³-hybridized carbons (Fsp3) is 0.222. The van der Waals surface area contributed by atoms with Gasteiger partial charge >= 0.3 is 6.18 Å². The zero-order valence-corrected chi connectivity index (χ0v) is 8.21. The third-order valence-electron chi connectivity index (χ3n) is 1.92. The van der Waals surface area contributed by atoms with E-state index in [0.717, 1.165) is 12.3 Å². The number of alkyl halides is 3. The van der Waals surface area contributed by atoms with Crippen molar-refractivity contribution in [3.05, 3.63) is 29.7 Å². The van der Waals surface area contributed by atoms with Crippen molar-refractivity contribution in [3.8, 4) is 11.5 Å². The van der Waals surface area contributed by atoms with Crippen LogP contribution in [0.5, 0.6) is 0 Å². The molecule has 0 amide bonds. The van der Waals surface area contributed by atoms with Crippen molar-refractivity contribution in [1.29, 1.82) is 0 Å². The Labute approximate surface area is 88.6 Å². The minimum atomic E-state index is -4.37. The molecule has 7 heteroatoms. The molecule has 0 aromatic carbocycles. The second kappa shape index (κ2) is 3.58. The molecule has 0 unspecified atom stereocenters. The number of H-pyrrole nitrogens is 1. The number of aromatic nitrogens is 4. The average molecular weight is 228 g/mol. The van der Waals surface area contributed by atoms with Gasteiger partial charge in [0, 0.05) is 6.20 Å². The number of rotatable bonds is 1. The van der Waals surface area contributed by atoms with Crippen molar-refractivity contribution >= 4 is 0 Å². The molecular formula is C9H7F3N4. The van der Waals surface area contributed by atoms with Gasteiger partial charge in [0.15, 0.2) is 5.82 Å². The molecule has 0 radical (unpaired) electrons. The van der Waals surface area contributed by atoms with Crippen LogP contribution in [-0.2, 0) is 6.18 Å². The first-order chi connectivity index (χ1) is 7.47. The lowest BCUT2D eigenvalue weighted by atomic mass is 10.2. The van der Waals surface area contributed by atoms with Crippen molar-refractivity contribution in [2.24, 2.45) is 0 Å². The quantitative estimate of drug-likeness (QED) is 0.813. The topological polar surface area (TPSA) is 54.5 Å². The van der Waals surface area contributed by atoms with Gasteiger partial charge in [-0.15, -0.1) is 0 Å². The SMILES string of the molecule is Cc1nc(-c2ccc(C(F)(F)F)cn2)n[nH]1. The van der Waals surface area contributed by atoms with E-state index in [9.17, 15) is 13.2 Å². The molecular weight excluding hydrogens is 221 g/mol. The van der Waals surface area contributed by atoms with Crippen LogP contribution in [-0.4, -0.2) is 20.2 Å². The van der Waals surface area contributed by atoms with Crippen LogP contribution in [0.2, 0.25) is 0 Å². The Morgan fingerprint density at radius 2 is 2.00 bits per heavy atom. The Balaban J connectivity index is 2.33. The maximum absolute atomic E-state index is 12.2. The molecule has 0 saturated heterocycles. The second-order valence-electron chi connectivity index (χ2n) is 3.17. The zero-order chi connectivity index (χ0) is 11.8. The van der Waals surface area contributed by atoms with Crippen molar-refractivity contribution in [2.45, 2.75) is 13.1 Å². The van der Waals surface area contributed by atoms with Crippen LogP contribution < -0.4 is 0 Å². The normalized spacial score (nSPS) is 11.8. The summed E-state index contributed by atoms with van der Waals surface area (Å²) < 4.78 is 36.7. The van der Waals surface area contributed by atoms with Gasteiger partial charge in [-0.2, -0.15) is 18.3 Å². The highest BCUT2D eigenvalue weighted by Crippen LogP contribution is 2.29. The molecule has 2 aromatic heterocycles. The molecule has 84 valence electrons. The van der Waals surface area contributed by atoms with E-state index in [0.29, 0.717) is 11.5 Å². The minimum absolute atomic E-state index is 0.284. The summed E-state index contributed by atoms with van der Waals surface area (Å²) in [4.78, 5) is 7.63. The molecule has 2 rings (SSSR count). The number of aromatic amines is 1. The predicted octanol–water partition coefficient (Wildman–Crippen LogP) is 2.19. The largest absolute Gasteiger partial charge is 0.417 e. The van der Waals surface area contributed by atoms with E-state index in [1.165, 1.54) is 6.07 Å². The maximum Gasteiger partial charge on any atom is 0.417 e. The molecule has 0 aliphatic heterocycles. The van der Waals surface area contributed by atoms with Gasteiger partial charge in [0.05, 0.1) is 5.56 Å². The predicted molar refractivity (Wildman–Crippen MR) is 49.4 cm³/mol. The van der Waals surface area contributed by atoms with Crippen LogP contribution in [0.4, 0.5) is 13.2 Å². The summed E-state index contributed by atoms with van der Waals surface area (Å²) in [7, 11) is 0. The minimum Gasteiger partial charge on any atom is -0.263 e. The third-order valence-corrected chi connectivity index (χ3v) is 1.92. The van der Waals surface area contributed by atoms with Crippen LogP contribution >= 0.6 is 0 Å². The average Bonchev–Trinajstić information content (AvgIpc) is 2.64. The summed E-state index contributed by atoms with van der Waals surface area (Å²) in [5.74, 6) is 0.864. The lowest BCUT2D eigenvalue weighted by molar-refractivity contribution is -0.137. The molecule has 0 aliphatic rings. The first-order valence-electron chi connectivity index (χ1n) is 4.39. The summed E-state index contributed by atoms with van der Waals surface area (Å²) in [6, 6.07) is 2.19. The number of aryl methyl sites for hydroxylation is 1. The number of nitrogens with one attached hydrogen (secondary N) is 1. The highest BCUT2D eigenvalue weighted by atomic mass is 19.4. The number of halogens is 3. The van der Waals surface area contributed by atoms with Crippen molar-refractivity contribution in [2.75, 3.05) is 0 Å². The molecule has 0 saturated carbocycles. The second-order valence-corrected chi connectivity index (χ2v) is 3.17. The van der Waals surface area contributed by atoms with Crippen LogP contribution in [0.15, 0.2) is 18.3 Å². The maximum atomic E-state index is 12.2. The molecule has 0 bridgehead atoms. The van der Waals surface area contributed by atoms with Crippen LogP contribution in [0.1, 0.15) is 11.4 Å². The summed E-state index contributed by atoms with van der Waals surface area (Å²) >= 11 is 0. The van der Waals surface area contributed by atoms with Gasteiger partial charge in [0.2, 0.25) is 0 Å². The lowest BCUT2D eigenvalue weighted by Crippen LogP contribution is -2.05. The third kappa shape index (κ3) is 2.02. The van der Waals surface area contributed by atoms with Crippen LogP contribution in [0.25, 0.3) is 11.5 Å². The fourth-order valence-electron chi connectivity index (χ4n) is 1.15. The molecule has 2 aromatic rings. The molecule has 4 nitrogen and oxygen atoms in total. The van der Waals surface area contributed by atoms with E-state index >= 15 is 0 Å². The smallest absolute Gasteiger partial charge is 0.263 e. The van der Waals surface area contributed by atoms with E-state index in [1.807, 2.05) is 0 Å². The zero-order valence-electron chi connectivity index (χ0n) is 8.21. The summed E-state index contributed by atoms with van der Waals surface area (Å²) in [6.45, 7) is 1.70. The Morgan fingerprint density at radius 1 is 1.25 bits per heavy atom. The lowest BCUT2D eigenvalue weighted by Gasteiger charge is -2.05. The first kappa shape index (κ1) is 10.6. The molecule has 0 atom stereocenters.